The van der Waals surface area contributed by atoms with Crippen molar-refractivity contribution in [2.45, 2.75) is 58.3 Å². The Morgan fingerprint density at radius 2 is 1.86 bits per heavy atom. The van der Waals surface area contributed by atoms with Crippen molar-refractivity contribution in [3.63, 3.8) is 0 Å². The Hall–Kier alpha value is -1.83. The highest BCUT2D eigenvalue weighted by Crippen LogP contribution is 2.06. The molecule has 0 radical (unpaired) electrons. The Labute approximate surface area is 124 Å². The monoisotopic (exact) mass is 303 g/mol. The summed E-state index contributed by atoms with van der Waals surface area (Å²) in [5.74, 6) is -1.19. The van der Waals surface area contributed by atoms with Crippen molar-refractivity contribution in [3.05, 3.63) is 0 Å². The predicted octanol–water partition coefficient (Wildman–Crippen LogP) is -0.358. The number of hydrogen-bond donors (Lipinski definition) is 4. The fourth-order valence-corrected chi connectivity index (χ4v) is 1.44. The fraction of sp³-hybridized carbons (Fsp3) is 0.769. The molecule has 0 saturated carbocycles. The van der Waals surface area contributed by atoms with Gasteiger partial charge in [0.15, 0.2) is 0 Å². The van der Waals surface area contributed by atoms with Gasteiger partial charge in [0, 0.05) is 6.54 Å². The summed E-state index contributed by atoms with van der Waals surface area (Å²) in [4.78, 5) is 34.1. The molecule has 0 saturated heterocycles. The Morgan fingerprint density at radius 3 is 2.29 bits per heavy atom. The Morgan fingerprint density at radius 1 is 1.29 bits per heavy atom. The summed E-state index contributed by atoms with van der Waals surface area (Å²) in [5, 5.41) is 14.0. The van der Waals surface area contributed by atoms with Gasteiger partial charge in [-0.05, 0) is 34.1 Å². The second kappa shape index (κ2) is 8.46. The molecule has 0 aromatic heterocycles. The molecule has 5 N–H and O–H groups in total. The number of aliphatic hydroxyl groups is 1. The Kier molecular flexibility index (Phi) is 7.72. The van der Waals surface area contributed by atoms with Gasteiger partial charge in [0.1, 0.15) is 11.6 Å². The molecule has 0 rings (SSSR count). The average Bonchev–Trinajstić information content (AvgIpc) is 2.23. The minimum atomic E-state index is -0.911. The first kappa shape index (κ1) is 19.2. The standard InChI is InChI=1S/C13H25N3O5/c1-8(17)7-10(18)16-9(11(14)19)5-6-15-12(20)21-13(2,3)4/h8-9,17H,5-7H2,1-4H3,(H2,14,19)(H,15,20)(H,16,18)/t8?,9-/m0/s1. The van der Waals surface area contributed by atoms with Gasteiger partial charge < -0.3 is 26.2 Å². The number of nitrogens with one attached hydrogen (secondary N) is 2. The third kappa shape index (κ3) is 10.6. The van der Waals surface area contributed by atoms with Crippen LogP contribution >= 0.6 is 0 Å². The number of amides is 3. The molecule has 21 heavy (non-hydrogen) atoms. The van der Waals surface area contributed by atoms with Crippen LogP contribution in [0.25, 0.3) is 0 Å². The lowest BCUT2D eigenvalue weighted by Gasteiger charge is -2.20. The van der Waals surface area contributed by atoms with Gasteiger partial charge in [0.05, 0.1) is 12.5 Å². The van der Waals surface area contributed by atoms with Gasteiger partial charge in [0.2, 0.25) is 11.8 Å². The summed E-state index contributed by atoms with van der Waals surface area (Å²) < 4.78 is 5.03. The van der Waals surface area contributed by atoms with Crippen LogP contribution in [0.3, 0.4) is 0 Å². The van der Waals surface area contributed by atoms with Crippen molar-refractivity contribution in [1.29, 1.82) is 0 Å². The van der Waals surface area contributed by atoms with E-state index in [9.17, 15) is 14.4 Å². The molecule has 122 valence electrons. The number of nitrogens with two attached hydrogens (primary N) is 1. The number of aliphatic hydroxyl groups excluding tert-OH is 1. The minimum absolute atomic E-state index is 0.122. The fourth-order valence-electron chi connectivity index (χ4n) is 1.44. The topological polar surface area (TPSA) is 131 Å². The molecule has 1 unspecified atom stereocenters. The lowest BCUT2D eigenvalue weighted by atomic mass is 10.1. The minimum Gasteiger partial charge on any atom is -0.444 e. The molecule has 8 nitrogen and oxygen atoms in total. The molecular weight excluding hydrogens is 278 g/mol. The van der Waals surface area contributed by atoms with Crippen LogP contribution in [0.2, 0.25) is 0 Å². The van der Waals surface area contributed by atoms with Crippen molar-refractivity contribution in [3.8, 4) is 0 Å². The molecule has 0 bridgehead atoms. The van der Waals surface area contributed by atoms with Gasteiger partial charge in [0.25, 0.3) is 0 Å². The van der Waals surface area contributed by atoms with Gasteiger partial charge in [-0.3, -0.25) is 9.59 Å². The zero-order valence-electron chi connectivity index (χ0n) is 12.9. The van der Waals surface area contributed by atoms with Crippen molar-refractivity contribution in [2.24, 2.45) is 5.73 Å². The Bertz CT molecular complexity index is 376. The molecule has 0 aliphatic rings. The van der Waals surface area contributed by atoms with Crippen LogP contribution < -0.4 is 16.4 Å². The van der Waals surface area contributed by atoms with Crippen molar-refractivity contribution >= 4 is 17.9 Å². The Balaban J connectivity index is 4.20. The van der Waals surface area contributed by atoms with Crippen LogP contribution in [0.15, 0.2) is 0 Å². The van der Waals surface area contributed by atoms with Gasteiger partial charge in [-0.1, -0.05) is 0 Å². The maximum Gasteiger partial charge on any atom is 0.407 e. The van der Waals surface area contributed by atoms with Crippen molar-refractivity contribution < 1.29 is 24.2 Å². The third-order valence-electron chi connectivity index (χ3n) is 2.26. The second-order valence-corrected chi connectivity index (χ2v) is 5.79. The highest BCUT2D eigenvalue weighted by atomic mass is 16.6. The van der Waals surface area contributed by atoms with E-state index in [2.05, 4.69) is 10.6 Å². The average molecular weight is 303 g/mol. The molecule has 0 aromatic carbocycles. The smallest absolute Gasteiger partial charge is 0.407 e. The second-order valence-electron chi connectivity index (χ2n) is 5.79. The van der Waals surface area contributed by atoms with E-state index in [1.54, 1.807) is 20.8 Å². The van der Waals surface area contributed by atoms with Crippen LogP contribution in [0.4, 0.5) is 4.79 Å². The molecule has 0 aliphatic heterocycles. The highest BCUT2D eigenvalue weighted by Gasteiger charge is 2.20. The number of primary amides is 1. The number of hydrogen-bond acceptors (Lipinski definition) is 5. The first-order chi connectivity index (χ1) is 9.51. The van der Waals surface area contributed by atoms with E-state index in [1.165, 1.54) is 6.92 Å². The van der Waals surface area contributed by atoms with Crippen LogP contribution in [-0.2, 0) is 14.3 Å². The van der Waals surface area contributed by atoms with Crippen LogP contribution in [0, 0.1) is 0 Å². The molecule has 0 fully saturated rings. The lowest BCUT2D eigenvalue weighted by Crippen LogP contribution is -2.47. The van der Waals surface area contributed by atoms with Crippen molar-refractivity contribution in [1.82, 2.24) is 10.6 Å². The highest BCUT2D eigenvalue weighted by molar-refractivity contribution is 5.86. The van der Waals surface area contributed by atoms with E-state index in [0.29, 0.717) is 0 Å². The first-order valence-corrected chi connectivity index (χ1v) is 6.75. The first-order valence-electron chi connectivity index (χ1n) is 6.75. The normalized spacial score (nSPS) is 14.0. The molecular formula is C13H25N3O5. The van der Waals surface area contributed by atoms with Gasteiger partial charge in [-0.2, -0.15) is 0 Å². The molecule has 0 aromatic rings. The van der Waals surface area contributed by atoms with Crippen LogP contribution in [0.1, 0.15) is 40.5 Å². The van der Waals surface area contributed by atoms with Gasteiger partial charge >= 0.3 is 6.09 Å². The summed E-state index contributed by atoms with van der Waals surface area (Å²) >= 11 is 0. The molecule has 0 spiro atoms. The molecule has 8 heteroatoms. The summed E-state index contributed by atoms with van der Waals surface area (Å²) in [6.07, 6.45) is -1.40. The summed E-state index contributed by atoms with van der Waals surface area (Å²) in [6, 6.07) is -0.911. The van der Waals surface area contributed by atoms with E-state index in [-0.39, 0.29) is 19.4 Å². The molecule has 3 amide bonds. The molecule has 0 heterocycles. The molecule has 2 atom stereocenters. The predicted molar refractivity (Wildman–Crippen MR) is 76.3 cm³/mol. The van der Waals surface area contributed by atoms with E-state index in [0.717, 1.165) is 0 Å². The number of carbonyl (C=O) groups is 3. The number of alkyl carbamates (subject to hydrolysis) is 1. The van der Waals surface area contributed by atoms with Crippen LogP contribution in [0.5, 0.6) is 0 Å². The van der Waals surface area contributed by atoms with Gasteiger partial charge in [-0.15, -0.1) is 0 Å². The third-order valence-corrected chi connectivity index (χ3v) is 2.26. The maximum atomic E-state index is 11.5. The summed E-state index contributed by atoms with van der Waals surface area (Å²) in [7, 11) is 0. The van der Waals surface area contributed by atoms with E-state index in [1.807, 2.05) is 0 Å². The largest absolute Gasteiger partial charge is 0.444 e. The van der Waals surface area contributed by atoms with E-state index >= 15 is 0 Å². The zero-order chi connectivity index (χ0) is 16.6. The van der Waals surface area contributed by atoms with Crippen LogP contribution in [-0.4, -0.2) is 47.3 Å². The number of carbonyl (C=O) groups excluding carboxylic acids is 3. The summed E-state index contributed by atoms with van der Waals surface area (Å²) in [5.41, 5.74) is 4.56. The summed E-state index contributed by atoms with van der Waals surface area (Å²) in [6.45, 7) is 6.78. The zero-order valence-corrected chi connectivity index (χ0v) is 12.9. The van der Waals surface area contributed by atoms with Gasteiger partial charge in [-0.25, -0.2) is 4.79 Å². The van der Waals surface area contributed by atoms with E-state index < -0.39 is 35.7 Å². The molecule has 0 aliphatic carbocycles. The van der Waals surface area contributed by atoms with E-state index in [4.69, 9.17) is 15.6 Å². The quantitative estimate of drug-likeness (QED) is 0.510. The SMILES string of the molecule is CC(O)CC(=O)N[C@@H](CCNC(=O)OC(C)(C)C)C(N)=O. The van der Waals surface area contributed by atoms with Crippen molar-refractivity contribution in [2.75, 3.05) is 6.54 Å². The maximum absolute atomic E-state index is 11.5. The number of ether oxygens (including phenoxy) is 1. The lowest BCUT2D eigenvalue weighted by molar-refractivity contribution is -0.128. The number of rotatable bonds is 7.